The van der Waals surface area contributed by atoms with Crippen LogP contribution in [0.3, 0.4) is 0 Å². The number of aromatic nitrogens is 2. The number of nitrogens with zero attached hydrogens (tertiary/aromatic N) is 1. The molecule has 19 heavy (non-hydrogen) atoms. The maximum absolute atomic E-state index is 13.0. The minimum atomic E-state index is -0.986. The highest BCUT2D eigenvalue weighted by molar-refractivity contribution is 5.53. The molecule has 1 aromatic carbocycles. The highest BCUT2D eigenvalue weighted by Gasteiger charge is 2.05. The average Bonchev–Trinajstić information content (AvgIpc) is 2.33. The van der Waals surface area contributed by atoms with E-state index in [1.807, 2.05) is 0 Å². The predicted octanol–water partition coefficient (Wildman–Crippen LogP) is 1.94. The first-order valence-electron chi connectivity index (χ1n) is 5.40. The summed E-state index contributed by atoms with van der Waals surface area (Å²) in [5, 5.41) is 2.68. The molecule has 0 fully saturated rings. The first kappa shape index (κ1) is 13.2. The van der Waals surface area contributed by atoms with Crippen LogP contribution >= 0.6 is 0 Å². The third kappa shape index (κ3) is 3.35. The highest BCUT2D eigenvalue weighted by atomic mass is 19.2. The second kappa shape index (κ2) is 5.57. The van der Waals surface area contributed by atoms with Crippen molar-refractivity contribution in [3.05, 3.63) is 51.9 Å². The van der Waals surface area contributed by atoms with Crippen molar-refractivity contribution in [3.8, 4) is 0 Å². The quantitative estimate of drug-likeness (QED) is 0.888. The van der Waals surface area contributed by atoms with Gasteiger partial charge in [0.15, 0.2) is 11.6 Å². The van der Waals surface area contributed by atoms with E-state index in [2.05, 4.69) is 15.3 Å². The lowest BCUT2D eigenvalue weighted by atomic mass is 10.3. The Morgan fingerprint density at radius 3 is 2.79 bits per heavy atom. The van der Waals surface area contributed by atoms with Crippen LogP contribution in [0.25, 0.3) is 0 Å². The van der Waals surface area contributed by atoms with Crippen LogP contribution in [0, 0.1) is 11.6 Å². The monoisotopic (exact) mass is 267 g/mol. The van der Waals surface area contributed by atoms with Gasteiger partial charge < -0.3 is 10.1 Å². The molecule has 0 radical (unpaired) electrons. The smallest absolute Gasteiger partial charge is 0.252 e. The number of rotatable bonds is 4. The van der Waals surface area contributed by atoms with Gasteiger partial charge in [0.1, 0.15) is 0 Å². The first-order valence-corrected chi connectivity index (χ1v) is 5.40. The van der Waals surface area contributed by atoms with E-state index >= 15 is 0 Å². The zero-order valence-electron chi connectivity index (χ0n) is 10.0. The van der Waals surface area contributed by atoms with Crippen molar-refractivity contribution in [2.45, 2.75) is 6.61 Å². The first-order chi connectivity index (χ1) is 9.08. The molecule has 1 aromatic heterocycles. The van der Waals surface area contributed by atoms with E-state index in [0.29, 0.717) is 5.69 Å². The number of ether oxygens (including phenoxy) is 1. The van der Waals surface area contributed by atoms with Gasteiger partial charge in [-0.3, -0.25) is 9.78 Å². The van der Waals surface area contributed by atoms with Crippen LogP contribution in [-0.2, 0) is 11.3 Å². The van der Waals surface area contributed by atoms with Crippen molar-refractivity contribution >= 4 is 11.6 Å². The predicted molar refractivity (Wildman–Crippen MR) is 65.2 cm³/mol. The molecule has 2 aromatic rings. The summed E-state index contributed by atoms with van der Waals surface area (Å²) in [6, 6.07) is 4.58. The lowest BCUT2D eigenvalue weighted by Crippen LogP contribution is -2.12. The van der Waals surface area contributed by atoms with Gasteiger partial charge in [0.25, 0.3) is 5.56 Å². The van der Waals surface area contributed by atoms with Crippen molar-refractivity contribution in [3.63, 3.8) is 0 Å². The summed E-state index contributed by atoms with van der Waals surface area (Å²) in [6.45, 7) is 0.177. The molecule has 0 atom stereocenters. The molecule has 0 aliphatic heterocycles. The molecule has 0 unspecified atom stereocenters. The van der Waals surface area contributed by atoms with Crippen LogP contribution in [0.5, 0.6) is 0 Å². The van der Waals surface area contributed by atoms with Gasteiger partial charge in [-0.25, -0.2) is 13.8 Å². The number of nitrogens with one attached hydrogen (secondary N) is 2. The van der Waals surface area contributed by atoms with Crippen LogP contribution in [0.15, 0.2) is 29.1 Å². The molecule has 1 heterocycles. The molecule has 0 spiro atoms. The fourth-order valence-electron chi connectivity index (χ4n) is 1.50. The Labute approximate surface area is 107 Å². The SMILES string of the molecule is COCc1cc(=O)[nH]c(Nc2ccc(F)c(F)c2)n1. The number of hydrogen-bond acceptors (Lipinski definition) is 4. The molecule has 0 aliphatic rings. The van der Waals surface area contributed by atoms with Crippen LogP contribution in [-0.4, -0.2) is 17.1 Å². The van der Waals surface area contributed by atoms with E-state index in [-0.39, 0.29) is 23.8 Å². The molecule has 0 saturated carbocycles. The van der Waals surface area contributed by atoms with Crippen LogP contribution in [0.2, 0.25) is 0 Å². The molecular weight excluding hydrogens is 256 g/mol. The maximum Gasteiger partial charge on any atom is 0.252 e. The summed E-state index contributed by atoms with van der Waals surface area (Å²) in [5.74, 6) is -1.80. The molecule has 2 N–H and O–H groups in total. The molecule has 0 saturated heterocycles. The van der Waals surface area contributed by atoms with Gasteiger partial charge in [0, 0.05) is 24.9 Å². The Hall–Kier alpha value is -2.28. The average molecular weight is 267 g/mol. The lowest BCUT2D eigenvalue weighted by molar-refractivity contribution is 0.181. The number of methoxy groups -OCH3 is 1. The molecule has 7 heteroatoms. The van der Waals surface area contributed by atoms with E-state index in [1.165, 1.54) is 19.2 Å². The molecule has 2 rings (SSSR count). The fourth-order valence-corrected chi connectivity index (χ4v) is 1.50. The Balaban J connectivity index is 2.27. The van der Waals surface area contributed by atoms with E-state index < -0.39 is 11.6 Å². The molecule has 0 amide bonds. The molecule has 100 valence electrons. The van der Waals surface area contributed by atoms with Gasteiger partial charge in [-0.1, -0.05) is 0 Å². The topological polar surface area (TPSA) is 67.0 Å². The minimum absolute atomic E-state index is 0.130. The van der Waals surface area contributed by atoms with Crippen molar-refractivity contribution in [2.24, 2.45) is 0 Å². The van der Waals surface area contributed by atoms with E-state index in [9.17, 15) is 13.6 Å². The maximum atomic E-state index is 13.0. The van der Waals surface area contributed by atoms with Crippen molar-refractivity contribution in [1.82, 2.24) is 9.97 Å². The second-order valence-corrected chi connectivity index (χ2v) is 3.77. The van der Waals surface area contributed by atoms with Crippen LogP contribution in [0.1, 0.15) is 5.69 Å². The summed E-state index contributed by atoms with van der Waals surface area (Å²) in [6.07, 6.45) is 0. The molecular formula is C12H11F2N3O2. The number of H-pyrrole nitrogens is 1. The summed E-state index contributed by atoms with van der Waals surface area (Å²) < 4.78 is 30.7. The lowest BCUT2D eigenvalue weighted by Gasteiger charge is -2.07. The Kier molecular flexibility index (Phi) is 3.86. The Bertz CT molecular complexity index is 643. The summed E-state index contributed by atoms with van der Waals surface area (Å²) in [5.41, 5.74) is 0.333. The largest absolute Gasteiger partial charge is 0.378 e. The Morgan fingerprint density at radius 2 is 2.11 bits per heavy atom. The fraction of sp³-hybridized carbons (Fsp3) is 0.167. The minimum Gasteiger partial charge on any atom is -0.378 e. The standard InChI is InChI=1S/C12H11F2N3O2/c1-19-6-8-5-11(18)17-12(16-8)15-7-2-3-9(13)10(14)4-7/h2-5H,6H2,1H3,(H2,15,16,17,18). The van der Waals surface area contributed by atoms with Crippen molar-refractivity contribution < 1.29 is 13.5 Å². The highest BCUT2D eigenvalue weighted by Crippen LogP contribution is 2.16. The van der Waals surface area contributed by atoms with Gasteiger partial charge in [0.2, 0.25) is 5.95 Å². The summed E-state index contributed by atoms with van der Waals surface area (Å²) >= 11 is 0. The van der Waals surface area contributed by atoms with Crippen LogP contribution in [0.4, 0.5) is 20.4 Å². The summed E-state index contributed by atoms with van der Waals surface area (Å²) in [7, 11) is 1.48. The third-order valence-electron chi connectivity index (χ3n) is 2.27. The number of aromatic amines is 1. The van der Waals surface area contributed by atoms with Gasteiger partial charge in [-0.15, -0.1) is 0 Å². The van der Waals surface area contributed by atoms with Crippen LogP contribution < -0.4 is 10.9 Å². The number of benzene rings is 1. The molecule has 0 bridgehead atoms. The zero-order valence-corrected chi connectivity index (χ0v) is 10.0. The van der Waals surface area contributed by atoms with Gasteiger partial charge in [-0.05, 0) is 12.1 Å². The number of anilines is 2. The normalized spacial score (nSPS) is 10.5. The van der Waals surface area contributed by atoms with Crippen molar-refractivity contribution in [1.29, 1.82) is 0 Å². The van der Waals surface area contributed by atoms with Gasteiger partial charge in [-0.2, -0.15) is 0 Å². The van der Waals surface area contributed by atoms with Gasteiger partial charge in [0.05, 0.1) is 12.3 Å². The third-order valence-corrected chi connectivity index (χ3v) is 2.27. The van der Waals surface area contributed by atoms with Crippen molar-refractivity contribution in [2.75, 3.05) is 12.4 Å². The number of halogens is 2. The molecule has 5 nitrogen and oxygen atoms in total. The van der Waals surface area contributed by atoms with E-state index in [4.69, 9.17) is 4.74 Å². The van der Waals surface area contributed by atoms with E-state index in [0.717, 1.165) is 12.1 Å². The van der Waals surface area contributed by atoms with E-state index in [1.54, 1.807) is 0 Å². The zero-order chi connectivity index (χ0) is 13.8. The summed E-state index contributed by atoms with van der Waals surface area (Å²) in [4.78, 5) is 17.9. The number of hydrogen-bond donors (Lipinski definition) is 2. The second-order valence-electron chi connectivity index (χ2n) is 3.77. The molecule has 0 aliphatic carbocycles. The Morgan fingerprint density at radius 1 is 1.32 bits per heavy atom. The van der Waals surface area contributed by atoms with Gasteiger partial charge >= 0.3 is 0 Å².